The largest absolute Gasteiger partial charge is 0.743 e. The second-order valence-corrected chi connectivity index (χ2v) is 10.2. The SMILES string of the molecule is Clc1ccc([S+](c2ccccc2)c2ccccc2)cc1.O=S(=O)([O-])C(F)(F)C(F)(F)C(F)F. The molecule has 0 radical (unpaired) electrons. The zero-order valence-corrected chi connectivity index (χ0v) is 18.7. The van der Waals surface area contributed by atoms with Crippen molar-refractivity contribution in [3.63, 3.8) is 0 Å². The Morgan fingerprint density at radius 3 is 1.39 bits per heavy atom. The highest BCUT2D eigenvalue weighted by molar-refractivity contribution is 7.97. The molecule has 0 aliphatic rings. The van der Waals surface area contributed by atoms with Gasteiger partial charge in [-0.05, 0) is 48.5 Å². The van der Waals surface area contributed by atoms with E-state index in [0.717, 1.165) is 5.02 Å². The normalized spacial score (nSPS) is 12.4. The van der Waals surface area contributed by atoms with Crippen LogP contribution >= 0.6 is 11.6 Å². The lowest BCUT2D eigenvalue weighted by atomic mass is 10.4. The van der Waals surface area contributed by atoms with Crippen molar-refractivity contribution in [3.8, 4) is 0 Å². The van der Waals surface area contributed by atoms with E-state index in [4.69, 9.17) is 11.6 Å². The zero-order valence-electron chi connectivity index (χ0n) is 16.3. The third-order valence-electron chi connectivity index (χ3n) is 3.98. The predicted octanol–water partition coefficient (Wildman–Crippen LogP) is 6.46. The molecule has 0 heterocycles. The number of benzene rings is 3. The summed E-state index contributed by atoms with van der Waals surface area (Å²) in [6, 6.07) is 29.4. The van der Waals surface area contributed by atoms with Crippen LogP contribution < -0.4 is 0 Å². The Labute approximate surface area is 194 Å². The van der Waals surface area contributed by atoms with Crippen LogP contribution in [0.25, 0.3) is 0 Å². The van der Waals surface area contributed by atoms with Gasteiger partial charge in [-0.1, -0.05) is 48.0 Å². The molecule has 3 aromatic rings. The topological polar surface area (TPSA) is 57.2 Å². The number of hydrogen-bond acceptors (Lipinski definition) is 3. The monoisotopic (exact) mass is 528 g/mol. The van der Waals surface area contributed by atoms with Gasteiger partial charge in [0.05, 0.1) is 10.9 Å². The Balaban J connectivity index is 0.000000260. The Bertz CT molecular complexity index is 1090. The molecule has 0 aliphatic heterocycles. The lowest BCUT2D eigenvalue weighted by Gasteiger charge is -2.27. The maximum Gasteiger partial charge on any atom is 0.402 e. The van der Waals surface area contributed by atoms with Gasteiger partial charge in [-0.25, -0.2) is 17.2 Å². The van der Waals surface area contributed by atoms with Crippen LogP contribution in [0.1, 0.15) is 0 Å². The molecule has 0 spiro atoms. The molecule has 0 atom stereocenters. The molecule has 0 amide bonds. The third kappa shape index (κ3) is 6.44. The first-order chi connectivity index (χ1) is 15.3. The summed E-state index contributed by atoms with van der Waals surface area (Å²) in [5.41, 5.74) is 0. The molecule has 3 rings (SSSR count). The molecule has 3 aromatic carbocycles. The van der Waals surface area contributed by atoms with E-state index in [1.54, 1.807) is 0 Å². The fourth-order valence-corrected chi connectivity index (χ4v) is 5.02. The fourth-order valence-electron chi connectivity index (χ4n) is 2.39. The molecule has 0 saturated carbocycles. The first-order valence-corrected chi connectivity index (χ1v) is 11.9. The van der Waals surface area contributed by atoms with Gasteiger partial charge in [0, 0.05) is 5.02 Å². The van der Waals surface area contributed by atoms with Crippen molar-refractivity contribution in [1.82, 2.24) is 0 Å². The first-order valence-electron chi connectivity index (χ1n) is 8.88. The van der Waals surface area contributed by atoms with Crippen LogP contribution in [-0.2, 0) is 21.0 Å². The summed E-state index contributed by atoms with van der Waals surface area (Å²) in [5, 5.41) is -5.54. The number of halogens is 7. The molecule has 178 valence electrons. The maximum absolute atomic E-state index is 11.8. The molecule has 33 heavy (non-hydrogen) atoms. The van der Waals surface area contributed by atoms with E-state index in [1.165, 1.54) is 14.7 Å². The minimum Gasteiger partial charge on any atom is -0.743 e. The molecule has 0 aliphatic carbocycles. The first kappa shape index (κ1) is 27.0. The molecule has 0 aromatic heterocycles. The summed E-state index contributed by atoms with van der Waals surface area (Å²) in [6.45, 7) is 0. The standard InChI is InChI=1S/C18H14ClS.C3H2F6O3S/c19-15-11-13-18(14-12-15)20(16-7-3-1-4-8-16)17-9-5-2-6-10-17;4-1(5)2(6,7)3(8,9)13(10,11)12/h1-14H;1H,(H,10,11,12)/q+1;/p-1. The van der Waals surface area contributed by atoms with E-state index >= 15 is 0 Å². The van der Waals surface area contributed by atoms with E-state index in [2.05, 4.69) is 72.8 Å². The average Bonchev–Trinajstić information content (AvgIpc) is 2.76. The van der Waals surface area contributed by atoms with Crippen LogP contribution in [0.4, 0.5) is 26.3 Å². The number of hydrogen-bond donors (Lipinski definition) is 0. The van der Waals surface area contributed by atoms with Crippen molar-refractivity contribution in [2.75, 3.05) is 0 Å². The molecule has 3 nitrogen and oxygen atoms in total. The van der Waals surface area contributed by atoms with E-state index in [9.17, 15) is 39.3 Å². The summed E-state index contributed by atoms with van der Waals surface area (Å²) in [6.07, 6.45) is -4.94. The van der Waals surface area contributed by atoms with Crippen LogP contribution in [0.3, 0.4) is 0 Å². The number of rotatable bonds is 6. The molecular formula is C21H15ClF6O3S2. The molecule has 0 saturated heterocycles. The average molecular weight is 529 g/mol. The second kappa shape index (κ2) is 10.8. The van der Waals surface area contributed by atoms with Crippen molar-refractivity contribution < 1.29 is 39.3 Å². The van der Waals surface area contributed by atoms with Gasteiger partial charge >= 0.3 is 17.6 Å². The lowest BCUT2D eigenvalue weighted by Crippen LogP contribution is -2.51. The maximum atomic E-state index is 11.8. The van der Waals surface area contributed by atoms with Crippen LogP contribution in [-0.4, -0.2) is 30.6 Å². The summed E-state index contributed by atoms with van der Waals surface area (Å²) >= 11 is 6.01. The highest BCUT2D eigenvalue weighted by Gasteiger charge is 2.67. The van der Waals surface area contributed by atoms with Gasteiger partial charge in [0.25, 0.3) is 0 Å². The predicted molar refractivity (Wildman–Crippen MR) is 112 cm³/mol. The minimum absolute atomic E-state index is 0.0815. The molecule has 0 N–H and O–H groups in total. The van der Waals surface area contributed by atoms with E-state index < -0.39 is 27.7 Å². The second-order valence-electron chi connectivity index (χ2n) is 6.28. The van der Waals surface area contributed by atoms with Crippen LogP contribution in [0.15, 0.2) is 99.6 Å². The Morgan fingerprint density at radius 2 is 1.09 bits per heavy atom. The summed E-state index contributed by atoms with van der Waals surface area (Å²) < 4.78 is 98.0. The van der Waals surface area contributed by atoms with Gasteiger partial charge in [0.2, 0.25) is 0 Å². The van der Waals surface area contributed by atoms with Crippen molar-refractivity contribution in [2.24, 2.45) is 0 Å². The Morgan fingerprint density at radius 1 is 0.727 bits per heavy atom. The van der Waals surface area contributed by atoms with E-state index in [1.807, 2.05) is 12.1 Å². The van der Waals surface area contributed by atoms with Gasteiger partial charge in [-0.3, -0.25) is 0 Å². The van der Waals surface area contributed by atoms with E-state index in [0.29, 0.717) is 0 Å². The Hall–Kier alpha value is -2.21. The minimum atomic E-state index is -6.82. The van der Waals surface area contributed by atoms with Crippen molar-refractivity contribution >= 4 is 32.6 Å². The molecule has 12 heteroatoms. The van der Waals surface area contributed by atoms with Gasteiger partial charge in [0.1, 0.15) is 0 Å². The summed E-state index contributed by atoms with van der Waals surface area (Å²) in [4.78, 5) is 3.92. The highest BCUT2D eigenvalue weighted by atomic mass is 35.5. The smallest absolute Gasteiger partial charge is 0.402 e. The van der Waals surface area contributed by atoms with Crippen LogP contribution in [0.5, 0.6) is 0 Å². The summed E-state index contributed by atoms with van der Waals surface area (Å²) in [5.74, 6) is -6.19. The van der Waals surface area contributed by atoms with Crippen LogP contribution in [0.2, 0.25) is 5.02 Å². The van der Waals surface area contributed by atoms with Gasteiger partial charge in [-0.15, -0.1) is 0 Å². The zero-order chi connectivity index (χ0) is 24.9. The van der Waals surface area contributed by atoms with Gasteiger partial charge in [-0.2, -0.15) is 17.6 Å². The molecule has 0 unspecified atom stereocenters. The molecular weight excluding hydrogens is 514 g/mol. The van der Waals surface area contributed by atoms with Gasteiger partial charge < -0.3 is 4.55 Å². The Kier molecular flexibility index (Phi) is 8.86. The third-order valence-corrected chi connectivity index (χ3v) is 7.37. The fraction of sp³-hybridized carbons (Fsp3) is 0.143. The quantitative estimate of drug-likeness (QED) is 0.210. The highest BCUT2D eigenvalue weighted by Crippen LogP contribution is 2.42. The molecule has 0 bridgehead atoms. The van der Waals surface area contributed by atoms with Crippen molar-refractivity contribution in [2.45, 2.75) is 32.3 Å². The number of alkyl halides is 6. The van der Waals surface area contributed by atoms with Crippen LogP contribution in [0, 0.1) is 0 Å². The van der Waals surface area contributed by atoms with Crippen molar-refractivity contribution in [1.29, 1.82) is 0 Å². The van der Waals surface area contributed by atoms with Gasteiger partial charge in [0.15, 0.2) is 24.8 Å². The van der Waals surface area contributed by atoms with E-state index in [-0.39, 0.29) is 10.9 Å². The lowest BCUT2D eigenvalue weighted by molar-refractivity contribution is -0.227. The molecule has 0 fully saturated rings. The van der Waals surface area contributed by atoms with Crippen molar-refractivity contribution in [3.05, 3.63) is 90.0 Å². The summed E-state index contributed by atoms with van der Waals surface area (Å²) in [7, 11) is -6.90.